The summed E-state index contributed by atoms with van der Waals surface area (Å²) < 4.78 is 6.70. The molecule has 21 heavy (non-hydrogen) atoms. The normalized spacial score (nSPS) is 10.3. The second-order valence-electron chi connectivity index (χ2n) is 4.68. The van der Waals surface area contributed by atoms with Gasteiger partial charge in [0.25, 0.3) is 0 Å². The van der Waals surface area contributed by atoms with Crippen molar-refractivity contribution < 1.29 is 14.3 Å². The van der Waals surface area contributed by atoms with Gasteiger partial charge in [0.1, 0.15) is 0 Å². The number of aryl methyl sites for hydroxylation is 2. The summed E-state index contributed by atoms with van der Waals surface area (Å²) in [6.45, 7) is 2.93. The van der Waals surface area contributed by atoms with Crippen molar-refractivity contribution in [2.45, 2.75) is 26.3 Å². The van der Waals surface area contributed by atoms with E-state index < -0.39 is 0 Å². The van der Waals surface area contributed by atoms with E-state index in [1.54, 1.807) is 36.1 Å². The maximum Gasteiger partial charge on any atom is 0.338 e. The lowest BCUT2D eigenvalue weighted by Gasteiger charge is -2.04. The lowest BCUT2D eigenvalue weighted by atomic mass is 10.1. The smallest absolute Gasteiger partial charge is 0.338 e. The third-order valence-electron chi connectivity index (χ3n) is 3.11. The number of ether oxygens (including phenoxy) is 1. The minimum absolute atomic E-state index is 0.290. The molecule has 0 saturated carbocycles. The second-order valence-corrected chi connectivity index (χ2v) is 4.68. The zero-order chi connectivity index (χ0) is 15.1. The highest BCUT2D eigenvalue weighted by Crippen LogP contribution is 2.09. The van der Waals surface area contributed by atoms with Gasteiger partial charge in [-0.25, -0.2) is 4.79 Å². The molecule has 0 bridgehead atoms. The lowest BCUT2D eigenvalue weighted by Crippen LogP contribution is -2.04. The van der Waals surface area contributed by atoms with Crippen LogP contribution in [0.2, 0.25) is 0 Å². The van der Waals surface area contributed by atoms with Crippen LogP contribution in [0.5, 0.6) is 0 Å². The standard InChI is InChI=1S/C16H18N2O3/c1-2-21-16(20)15-7-5-13(6-8-15)4-3-9-18-11-14(12-19)10-17-18/h5-8,10-12H,2-4,9H2,1H3. The van der Waals surface area contributed by atoms with Gasteiger partial charge in [-0.3, -0.25) is 9.48 Å². The molecule has 0 amide bonds. The Morgan fingerprint density at radius 1 is 1.33 bits per heavy atom. The number of hydrogen-bond donors (Lipinski definition) is 0. The minimum atomic E-state index is -0.290. The average Bonchev–Trinajstić information content (AvgIpc) is 2.96. The molecule has 0 saturated heterocycles. The number of hydrogen-bond acceptors (Lipinski definition) is 4. The van der Waals surface area contributed by atoms with Crippen LogP contribution in [0.25, 0.3) is 0 Å². The first-order valence-electron chi connectivity index (χ1n) is 6.96. The van der Waals surface area contributed by atoms with Gasteiger partial charge in [-0.2, -0.15) is 5.10 Å². The lowest BCUT2D eigenvalue weighted by molar-refractivity contribution is 0.0526. The summed E-state index contributed by atoms with van der Waals surface area (Å²) in [6, 6.07) is 7.44. The van der Waals surface area contributed by atoms with Gasteiger partial charge in [0.2, 0.25) is 0 Å². The quantitative estimate of drug-likeness (QED) is 0.579. The summed E-state index contributed by atoms with van der Waals surface area (Å²) in [4.78, 5) is 22.1. The number of aldehydes is 1. The molecule has 0 fully saturated rings. The van der Waals surface area contributed by atoms with E-state index in [1.807, 2.05) is 12.1 Å². The minimum Gasteiger partial charge on any atom is -0.462 e. The maximum atomic E-state index is 11.5. The Morgan fingerprint density at radius 3 is 2.71 bits per heavy atom. The fraction of sp³-hybridized carbons (Fsp3) is 0.312. The average molecular weight is 286 g/mol. The number of aromatic nitrogens is 2. The van der Waals surface area contributed by atoms with E-state index in [4.69, 9.17) is 4.74 Å². The Morgan fingerprint density at radius 2 is 2.10 bits per heavy atom. The molecule has 0 spiro atoms. The van der Waals surface area contributed by atoms with Crippen molar-refractivity contribution in [2.24, 2.45) is 0 Å². The fourth-order valence-corrected chi connectivity index (χ4v) is 2.03. The maximum absolute atomic E-state index is 11.5. The molecule has 0 aliphatic rings. The zero-order valence-corrected chi connectivity index (χ0v) is 12.0. The van der Waals surface area contributed by atoms with Crippen molar-refractivity contribution >= 4 is 12.3 Å². The first-order valence-corrected chi connectivity index (χ1v) is 6.96. The Balaban J connectivity index is 1.83. The first-order chi connectivity index (χ1) is 10.2. The molecule has 2 rings (SSSR count). The molecular formula is C16H18N2O3. The van der Waals surface area contributed by atoms with Crippen molar-refractivity contribution in [3.8, 4) is 0 Å². The van der Waals surface area contributed by atoms with Crippen LogP contribution in [0, 0.1) is 0 Å². The van der Waals surface area contributed by atoms with Crippen LogP contribution >= 0.6 is 0 Å². The van der Waals surface area contributed by atoms with E-state index in [0.29, 0.717) is 17.7 Å². The van der Waals surface area contributed by atoms with Crippen LogP contribution in [0.3, 0.4) is 0 Å². The van der Waals surface area contributed by atoms with Crippen LogP contribution in [0.1, 0.15) is 39.6 Å². The monoisotopic (exact) mass is 286 g/mol. The fourth-order valence-electron chi connectivity index (χ4n) is 2.03. The van der Waals surface area contributed by atoms with Crippen molar-refractivity contribution in [3.63, 3.8) is 0 Å². The molecule has 1 heterocycles. The Hall–Kier alpha value is -2.43. The van der Waals surface area contributed by atoms with Crippen molar-refractivity contribution in [2.75, 3.05) is 6.61 Å². The molecule has 5 heteroatoms. The highest BCUT2D eigenvalue weighted by atomic mass is 16.5. The highest BCUT2D eigenvalue weighted by molar-refractivity contribution is 5.89. The summed E-state index contributed by atoms with van der Waals surface area (Å²) in [7, 11) is 0. The molecule has 2 aromatic rings. The Bertz CT molecular complexity index is 602. The number of nitrogens with zero attached hydrogens (tertiary/aromatic N) is 2. The third-order valence-corrected chi connectivity index (χ3v) is 3.11. The predicted octanol–water partition coefficient (Wildman–Crippen LogP) is 2.51. The highest BCUT2D eigenvalue weighted by Gasteiger charge is 2.05. The van der Waals surface area contributed by atoms with Gasteiger partial charge in [-0.1, -0.05) is 12.1 Å². The van der Waals surface area contributed by atoms with E-state index in [9.17, 15) is 9.59 Å². The van der Waals surface area contributed by atoms with Gasteiger partial charge in [0, 0.05) is 12.7 Å². The van der Waals surface area contributed by atoms with Crippen molar-refractivity contribution in [1.29, 1.82) is 0 Å². The molecule has 1 aromatic heterocycles. The number of carbonyl (C=O) groups excluding carboxylic acids is 2. The van der Waals surface area contributed by atoms with Gasteiger partial charge in [-0.05, 0) is 37.5 Å². The van der Waals surface area contributed by atoms with Gasteiger partial charge in [0.05, 0.1) is 23.9 Å². The van der Waals surface area contributed by atoms with Crippen LogP contribution in [0.15, 0.2) is 36.7 Å². The molecule has 0 N–H and O–H groups in total. The summed E-state index contributed by atoms with van der Waals surface area (Å²) >= 11 is 0. The molecular weight excluding hydrogens is 268 g/mol. The zero-order valence-electron chi connectivity index (χ0n) is 12.0. The van der Waals surface area contributed by atoms with Gasteiger partial charge < -0.3 is 4.74 Å². The first kappa shape index (κ1) is 15.0. The van der Waals surface area contributed by atoms with E-state index in [2.05, 4.69) is 5.10 Å². The molecule has 0 aliphatic carbocycles. The molecule has 5 nitrogen and oxygen atoms in total. The second kappa shape index (κ2) is 7.38. The summed E-state index contributed by atoms with van der Waals surface area (Å²) in [5.74, 6) is -0.290. The Kier molecular flexibility index (Phi) is 5.26. The summed E-state index contributed by atoms with van der Waals surface area (Å²) in [5.41, 5.74) is 2.32. The summed E-state index contributed by atoms with van der Waals surface area (Å²) in [5, 5.41) is 4.10. The molecule has 0 unspecified atom stereocenters. The van der Waals surface area contributed by atoms with E-state index in [-0.39, 0.29) is 5.97 Å². The number of rotatable bonds is 7. The van der Waals surface area contributed by atoms with Crippen molar-refractivity contribution in [3.05, 3.63) is 53.3 Å². The third kappa shape index (κ3) is 4.27. The van der Waals surface area contributed by atoms with Gasteiger partial charge in [0.15, 0.2) is 6.29 Å². The number of esters is 1. The predicted molar refractivity (Wildman–Crippen MR) is 78.3 cm³/mol. The van der Waals surface area contributed by atoms with E-state index in [1.165, 1.54) is 0 Å². The topological polar surface area (TPSA) is 61.2 Å². The molecule has 0 aliphatic heterocycles. The SMILES string of the molecule is CCOC(=O)c1ccc(CCCn2cc(C=O)cn2)cc1. The van der Waals surface area contributed by atoms with Gasteiger partial charge in [-0.15, -0.1) is 0 Å². The van der Waals surface area contributed by atoms with Crippen LogP contribution in [-0.4, -0.2) is 28.6 Å². The van der Waals surface area contributed by atoms with Crippen LogP contribution in [0.4, 0.5) is 0 Å². The largest absolute Gasteiger partial charge is 0.462 e. The van der Waals surface area contributed by atoms with E-state index in [0.717, 1.165) is 31.2 Å². The summed E-state index contributed by atoms with van der Waals surface area (Å²) in [6.07, 6.45) is 5.88. The molecule has 1 aromatic carbocycles. The van der Waals surface area contributed by atoms with Gasteiger partial charge >= 0.3 is 5.97 Å². The molecule has 0 radical (unpaired) electrons. The van der Waals surface area contributed by atoms with Crippen molar-refractivity contribution in [1.82, 2.24) is 9.78 Å². The number of benzene rings is 1. The van der Waals surface area contributed by atoms with E-state index >= 15 is 0 Å². The van der Waals surface area contributed by atoms with Crippen LogP contribution < -0.4 is 0 Å². The number of carbonyl (C=O) groups is 2. The molecule has 110 valence electrons. The Labute approximate surface area is 123 Å². The molecule has 0 atom stereocenters. The van der Waals surface area contributed by atoms with Crippen LogP contribution in [-0.2, 0) is 17.7 Å².